The molecule has 1 fully saturated rings. The van der Waals surface area contributed by atoms with Gasteiger partial charge in [-0.1, -0.05) is 0 Å². The van der Waals surface area contributed by atoms with Gasteiger partial charge in [0.05, 0.1) is 23.0 Å². The Bertz CT molecular complexity index is 788. The lowest BCUT2D eigenvalue weighted by Gasteiger charge is -2.22. The SMILES string of the molecule is O=C(c1cc2c(nc3sccn32)s1)N1CCC[C@@H]1CO. The minimum absolute atomic E-state index is 0.0218. The van der Waals surface area contributed by atoms with Gasteiger partial charge >= 0.3 is 0 Å². The number of likely N-dealkylation sites (tertiary alicyclic amines) is 1. The zero-order chi connectivity index (χ0) is 13.7. The third kappa shape index (κ3) is 1.70. The molecule has 104 valence electrons. The number of rotatable bonds is 2. The summed E-state index contributed by atoms with van der Waals surface area (Å²) in [6.45, 7) is 0.783. The molecule has 0 saturated carbocycles. The van der Waals surface area contributed by atoms with Gasteiger partial charge in [-0.2, -0.15) is 0 Å². The molecular weight excluding hydrogens is 294 g/mol. The van der Waals surface area contributed by atoms with Gasteiger partial charge in [0.1, 0.15) is 4.83 Å². The number of aromatic nitrogens is 2. The quantitative estimate of drug-likeness (QED) is 0.789. The van der Waals surface area contributed by atoms with E-state index in [1.165, 1.54) is 11.3 Å². The lowest BCUT2D eigenvalue weighted by Crippen LogP contribution is -2.37. The number of imidazole rings is 1. The summed E-state index contributed by atoms with van der Waals surface area (Å²) < 4.78 is 2.01. The van der Waals surface area contributed by atoms with Crippen LogP contribution in [0.1, 0.15) is 22.5 Å². The molecule has 3 aromatic heterocycles. The summed E-state index contributed by atoms with van der Waals surface area (Å²) in [6, 6.07) is 1.89. The molecule has 4 rings (SSSR count). The summed E-state index contributed by atoms with van der Waals surface area (Å²) in [5.41, 5.74) is 0.995. The van der Waals surface area contributed by atoms with E-state index in [1.807, 2.05) is 22.0 Å². The molecule has 20 heavy (non-hydrogen) atoms. The highest BCUT2D eigenvalue weighted by Crippen LogP contribution is 2.30. The van der Waals surface area contributed by atoms with E-state index in [-0.39, 0.29) is 18.6 Å². The predicted molar refractivity (Wildman–Crippen MR) is 79.6 cm³/mol. The van der Waals surface area contributed by atoms with Crippen LogP contribution in [0.25, 0.3) is 15.3 Å². The normalized spacial score (nSPS) is 19.4. The Morgan fingerprint density at radius 3 is 3.30 bits per heavy atom. The highest BCUT2D eigenvalue weighted by atomic mass is 32.1. The van der Waals surface area contributed by atoms with Gasteiger partial charge < -0.3 is 10.0 Å². The Morgan fingerprint density at radius 1 is 1.55 bits per heavy atom. The van der Waals surface area contributed by atoms with E-state index in [0.717, 1.165) is 34.7 Å². The first-order chi connectivity index (χ1) is 9.78. The van der Waals surface area contributed by atoms with Crippen LogP contribution in [0.4, 0.5) is 0 Å². The van der Waals surface area contributed by atoms with Crippen LogP contribution in [0, 0.1) is 0 Å². The number of hydrogen-bond donors (Lipinski definition) is 1. The van der Waals surface area contributed by atoms with Crippen molar-refractivity contribution in [1.82, 2.24) is 14.3 Å². The van der Waals surface area contributed by atoms with E-state index >= 15 is 0 Å². The van der Waals surface area contributed by atoms with Crippen molar-refractivity contribution in [3.05, 3.63) is 22.5 Å². The van der Waals surface area contributed by atoms with Crippen LogP contribution in [-0.2, 0) is 0 Å². The molecule has 1 aliphatic heterocycles. The highest BCUT2D eigenvalue weighted by Gasteiger charge is 2.30. The monoisotopic (exact) mass is 307 g/mol. The minimum atomic E-state index is -0.0271. The maximum Gasteiger partial charge on any atom is 0.264 e. The number of nitrogens with zero attached hydrogens (tertiary/aromatic N) is 3. The molecule has 4 heterocycles. The topological polar surface area (TPSA) is 57.8 Å². The van der Waals surface area contributed by atoms with Gasteiger partial charge in [-0.05, 0) is 18.9 Å². The number of carbonyl (C=O) groups excluding carboxylic acids is 1. The van der Waals surface area contributed by atoms with Crippen LogP contribution in [0.2, 0.25) is 0 Å². The average molecular weight is 307 g/mol. The third-order valence-corrected chi connectivity index (χ3v) is 5.56. The summed E-state index contributed by atoms with van der Waals surface area (Å²) in [5, 5.41) is 11.3. The van der Waals surface area contributed by atoms with Crippen molar-refractivity contribution in [2.75, 3.05) is 13.2 Å². The van der Waals surface area contributed by atoms with Crippen molar-refractivity contribution in [3.63, 3.8) is 0 Å². The van der Waals surface area contributed by atoms with Crippen LogP contribution in [0.3, 0.4) is 0 Å². The first-order valence-electron chi connectivity index (χ1n) is 6.55. The molecule has 0 bridgehead atoms. The summed E-state index contributed by atoms with van der Waals surface area (Å²) in [7, 11) is 0. The van der Waals surface area contributed by atoms with Gasteiger partial charge in [-0.3, -0.25) is 9.20 Å². The fourth-order valence-corrected chi connectivity index (χ4v) is 4.54. The second kappa shape index (κ2) is 4.54. The summed E-state index contributed by atoms with van der Waals surface area (Å²) in [5.74, 6) is 0.0218. The van der Waals surface area contributed by atoms with Gasteiger partial charge in [0.25, 0.3) is 5.91 Å². The van der Waals surface area contributed by atoms with Crippen molar-refractivity contribution >= 4 is 43.9 Å². The number of thiophene rings is 1. The van der Waals surface area contributed by atoms with Gasteiger partial charge in [0.15, 0.2) is 4.96 Å². The number of thiazole rings is 1. The maximum absolute atomic E-state index is 12.5. The minimum Gasteiger partial charge on any atom is -0.394 e. The number of amides is 1. The molecule has 0 spiro atoms. The van der Waals surface area contributed by atoms with Crippen LogP contribution in [0.15, 0.2) is 17.6 Å². The van der Waals surface area contributed by atoms with Gasteiger partial charge in [-0.25, -0.2) is 4.98 Å². The van der Waals surface area contributed by atoms with Crippen LogP contribution >= 0.6 is 22.7 Å². The van der Waals surface area contributed by atoms with Crippen molar-refractivity contribution < 1.29 is 9.90 Å². The number of aliphatic hydroxyl groups excluding tert-OH is 1. The molecule has 0 aromatic carbocycles. The van der Waals surface area contributed by atoms with E-state index in [4.69, 9.17) is 0 Å². The zero-order valence-electron chi connectivity index (χ0n) is 10.7. The Balaban J connectivity index is 1.73. The second-order valence-corrected chi connectivity index (χ2v) is 6.85. The molecule has 1 aliphatic rings. The first-order valence-corrected chi connectivity index (χ1v) is 8.24. The third-order valence-electron chi connectivity index (χ3n) is 3.80. The maximum atomic E-state index is 12.5. The fourth-order valence-electron chi connectivity index (χ4n) is 2.79. The lowest BCUT2D eigenvalue weighted by atomic mass is 10.2. The van der Waals surface area contributed by atoms with Gasteiger partial charge in [0.2, 0.25) is 0 Å². The smallest absolute Gasteiger partial charge is 0.264 e. The van der Waals surface area contributed by atoms with Crippen molar-refractivity contribution in [2.45, 2.75) is 18.9 Å². The fraction of sp³-hybridized carbons (Fsp3) is 0.385. The zero-order valence-corrected chi connectivity index (χ0v) is 12.3. The lowest BCUT2D eigenvalue weighted by molar-refractivity contribution is 0.0682. The molecular formula is C13H13N3O2S2. The van der Waals surface area contributed by atoms with Crippen molar-refractivity contribution in [1.29, 1.82) is 0 Å². The predicted octanol–water partition coefficient (Wildman–Crippen LogP) is 2.21. The summed E-state index contributed by atoms with van der Waals surface area (Å²) >= 11 is 3.03. The van der Waals surface area contributed by atoms with E-state index < -0.39 is 0 Å². The van der Waals surface area contributed by atoms with E-state index in [2.05, 4.69) is 4.98 Å². The molecule has 0 radical (unpaired) electrons. The first kappa shape index (κ1) is 12.3. The van der Waals surface area contributed by atoms with Crippen LogP contribution in [0.5, 0.6) is 0 Å². The standard InChI is InChI=1S/C13H13N3O2S2/c17-7-8-2-1-3-15(8)12(18)10-6-9-11(20-10)14-13-16(9)4-5-19-13/h4-6,8,17H,1-3,7H2/t8-/m1/s1. The van der Waals surface area contributed by atoms with E-state index in [0.29, 0.717) is 4.88 Å². The molecule has 0 unspecified atom stereocenters. The Morgan fingerprint density at radius 2 is 2.45 bits per heavy atom. The van der Waals surface area contributed by atoms with Crippen molar-refractivity contribution in [3.8, 4) is 0 Å². The van der Waals surface area contributed by atoms with E-state index in [1.54, 1.807) is 16.2 Å². The molecule has 1 atom stereocenters. The Hall–Kier alpha value is -1.44. The van der Waals surface area contributed by atoms with Crippen LogP contribution in [-0.4, -0.2) is 44.5 Å². The number of carbonyl (C=O) groups is 1. The van der Waals surface area contributed by atoms with Crippen LogP contribution < -0.4 is 0 Å². The molecule has 3 aromatic rings. The molecule has 1 amide bonds. The Labute approximate surface area is 123 Å². The molecule has 1 saturated heterocycles. The molecule has 7 heteroatoms. The van der Waals surface area contributed by atoms with E-state index in [9.17, 15) is 9.90 Å². The largest absolute Gasteiger partial charge is 0.394 e. The van der Waals surface area contributed by atoms with Crippen molar-refractivity contribution in [2.24, 2.45) is 0 Å². The molecule has 5 nitrogen and oxygen atoms in total. The van der Waals surface area contributed by atoms with Gasteiger partial charge in [-0.15, -0.1) is 22.7 Å². The molecule has 1 N–H and O–H groups in total. The summed E-state index contributed by atoms with van der Waals surface area (Å²) in [6.07, 6.45) is 3.83. The second-order valence-electron chi connectivity index (χ2n) is 4.95. The summed E-state index contributed by atoms with van der Waals surface area (Å²) in [4.78, 5) is 21.4. The highest BCUT2D eigenvalue weighted by molar-refractivity contribution is 7.21. The number of hydrogen-bond acceptors (Lipinski definition) is 5. The Kier molecular flexibility index (Phi) is 2.80. The number of fused-ring (bicyclic) bond motifs is 3. The average Bonchev–Trinajstić information content (AvgIpc) is 3.17. The molecule has 0 aliphatic carbocycles. The van der Waals surface area contributed by atoms with Gasteiger partial charge in [0, 0.05) is 18.1 Å². The number of aliphatic hydroxyl groups is 1.